The number of para-hydroxylation sites is 1. The van der Waals surface area contributed by atoms with Crippen LogP contribution < -0.4 is 10.6 Å². The molecule has 1 aromatic heterocycles. The molecule has 1 aliphatic heterocycles. The maximum atomic E-state index is 13.7. The first-order valence-corrected chi connectivity index (χ1v) is 7.58. The van der Waals surface area contributed by atoms with Crippen molar-refractivity contribution in [2.24, 2.45) is 4.99 Å². The Hall–Kier alpha value is -2.77. The van der Waals surface area contributed by atoms with Crippen LogP contribution in [-0.2, 0) is 16.9 Å². The summed E-state index contributed by atoms with van der Waals surface area (Å²) in [4.78, 5) is 17.0. The van der Waals surface area contributed by atoms with Crippen LogP contribution >= 0.6 is 0 Å². The van der Waals surface area contributed by atoms with Crippen LogP contribution in [0.3, 0.4) is 0 Å². The van der Waals surface area contributed by atoms with E-state index in [0.717, 1.165) is 5.56 Å². The Labute approximate surface area is 136 Å². The summed E-state index contributed by atoms with van der Waals surface area (Å²) in [7, 11) is 0. The fraction of sp³-hybridized carbons (Fsp3) is 0.312. The molecule has 1 fully saturated rings. The van der Waals surface area contributed by atoms with Crippen molar-refractivity contribution in [3.8, 4) is 0 Å². The quantitative estimate of drug-likeness (QED) is 0.907. The van der Waals surface area contributed by atoms with Gasteiger partial charge in [0.25, 0.3) is 11.8 Å². The van der Waals surface area contributed by atoms with Gasteiger partial charge in [-0.1, -0.05) is 18.2 Å². The zero-order chi connectivity index (χ0) is 16.8. The van der Waals surface area contributed by atoms with Gasteiger partial charge in [0.15, 0.2) is 11.4 Å². The van der Waals surface area contributed by atoms with Gasteiger partial charge < -0.3 is 10.6 Å². The van der Waals surface area contributed by atoms with Gasteiger partial charge in [-0.05, 0) is 12.1 Å². The molecule has 2 heterocycles. The largest absolute Gasteiger partial charge is 0.372 e. The second kappa shape index (κ2) is 5.12. The number of alkyl halides is 2. The summed E-state index contributed by atoms with van der Waals surface area (Å²) < 4.78 is 28.7. The minimum atomic E-state index is -2.89. The lowest BCUT2D eigenvalue weighted by Crippen LogP contribution is -2.60. The summed E-state index contributed by atoms with van der Waals surface area (Å²) in [5.74, 6) is -2.93. The van der Waals surface area contributed by atoms with Gasteiger partial charge in [0.05, 0.1) is 12.5 Å². The van der Waals surface area contributed by atoms with Crippen LogP contribution in [0.5, 0.6) is 0 Å². The van der Waals surface area contributed by atoms with Crippen LogP contribution in [0.4, 0.5) is 20.3 Å². The molecule has 1 aromatic carbocycles. The molecule has 0 bridgehead atoms. The molecule has 6 nitrogen and oxygen atoms in total. The van der Waals surface area contributed by atoms with E-state index in [9.17, 15) is 13.6 Å². The summed E-state index contributed by atoms with van der Waals surface area (Å²) in [5.41, 5.74) is -0.0930. The van der Waals surface area contributed by atoms with Crippen LogP contribution in [0.25, 0.3) is 0 Å². The zero-order valence-corrected chi connectivity index (χ0v) is 12.7. The molecule has 2 aromatic rings. The van der Waals surface area contributed by atoms with Gasteiger partial charge in [0.2, 0.25) is 0 Å². The summed E-state index contributed by atoms with van der Waals surface area (Å²) in [6.07, 6.45) is 1.87. The Morgan fingerprint density at radius 3 is 2.71 bits per heavy atom. The highest BCUT2D eigenvalue weighted by molar-refractivity contribution is 5.98. The van der Waals surface area contributed by atoms with Crippen molar-refractivity contribution in [2.75, 3.05) is 5.32 Å². The molecule has 8 heteroatoms. The number of anilines is 1. The number of amides is 1. The first-order chi connectivity index (χ1) is 11.5. The Bertz CT molecular complexity index is 807. The van der Waals surface area contributed by atoms with E-state index in [-0.39, 0.29) is 0 Å². The van der Waals surface area contributed by atoms with Crippen molar-refractivity contribution in [1.82, 2.24) is 15.1 Å². The number of halogens is 2. The summed E-state index contributed by atoms with van der Waals surface area (Å²) in [5, 5.41) is 9.84. The number of carbonyl (C=O) groups excluding carboxylic acids is 1. The average Bonchev–Trinajstić information content (AvgIpc) is 2.97. The minimum Gasteiger partial charge on any atom is -0.372 e. The normalized spacial score (nSPS) is 19.8. The summed E-state index contributed by atoms with van der Waals surface area (Å²) in [6.45, 7) is 0.506. The average molecular weight is 331 g/mol. The molecule has 0 atom stereocenters. The molecule has 24 heavy (non-hydrogen) atoms. The second-order valence-corrected chi connectivity index (χ2v) is 6.11. The fourth-order valence-electron chi connectivity index (χ4n) is 3.19. The molecule has 1 aliphatic carbocycles. The third-order valence-corrected chi connectivity index (χ3v) is 4.35. The van der Waals surface area contributed by atoms with Crippen LogP contribution in [0.15, 0.2) is 41.5 Å². The topological polar surface area (TPSA) is 71.3 Å². The lowest BCUT2D eigenvalue weighted by Gasteiger charge is -2.46. The third kappa shape index (κ3) is 2.26. The molecule has 0 spiro atoms. The number of nitrogens with one attached hydrogen (secondary N) is 2. The Morgan fingerprint density at radius 1 is 1.25 bits per heavy atom. The number of carbonyl (C=O) groups is 1. The number of fused-ring (bicyclic) bond motifs is 1. The van der Waals surface area contributed by atoms with E-state index in [1.807, 2.05) is 6.07 Å². The lowest BCUT2D eigenvalue weighted by molar-refractivity contribution is -0.171. The predicted octanol–water partition coefficient (Wildman–Crippen LogP) is 2.41. The molecular formula is C16H15F2N5O. The van der Waals surface area contributed by atoms with Crippen molar-refractivity contribution in [3.63, 3.8) is 0 Å². The second-order valence-electron chi connectivity index (χ2n) is 6.11. The van der Waals surface area contributed by atoms with E-state index < -0.39 is 30.2 Å². The van der Waals surface area contributed by atoms with Crippen molar-refractivity contribution >= 4 is 23.8 Å². The molecule has 1 amide bonds. The lowest BCUT2D eigenvalue weighted by atomic mass is 9.72. The molecule has 4 rings (SSSR count). The fourth-order valence-corrected chi connectivity index (χ4v) is 3.19. The van der Waals surface area contributed by atoms with Gasteiger partial charge in [-0.3, -0.25) is 4.79 Å². The molecule has 0 unspecified atom stereocenters. The first kappa shape index (κ1) is 14.8. The minimum absolute atomic E-state index is 0.451. The van der Waals surface area contributed by atoms with E-state index in [1.54, 1.807) is 30.5 Å². The maximum Gasteiger partial charge on any atom is 0.253 e. The Balaban J connectivity index is 1.71. The monoisotopic (exact) mass is 331 g/mol. The summed E-state index contributed by atoms with van der Waals surface area (Å²) in [6, 6.07) is 8.77. The number of aliphatic imine (C=N–C) groups is 1. The highest BCUT2D eigenvalue weighted by Crippen LogP contribution is 2.52. The number of nitrogens with zero attached hydrogens (tertiary/aromatic N) is 3. The zero-order valence-electron chi connectivity index (χ0n) is 12.7. The van der Waals surface area contributed by atoms with Gasteiger partial charge in [-0.2, -0.15) is 5.10 Å². The van der Waals surface area contributed by atoms with Crippen molar-refractivity contribution in [1.29, 1.82) is 0 Å². The standard InChI is InChI=1S/C16H15F2N5O/c17-16(18)8-15(9-16,14(24)22-12-4-2-1-3-5-12)23-13-11(7-21-23)6-19-10-20-13/h1-5,7,10H,6,8-9H2,(H,19,20)(H,22,24). The van der Waals surface area contributed by atoms with Crippen LogP contribution in [0.1, 0.15) is 18.4 Å². The predicted molar refractivity (Wildman–Crippen MR) is 84.4 cm³/mol. The Kier molecular flexibility index (Phi) is 3.16. The van der Waals surface area contributed by atoms with Crippen molar-refractivity contribution in [2.45, 2.75) is 30.8 Å². The van der Waals surface area contributed by atoms with Gasteiger partial charge in [0.1, 0.15) is 0 Å². The van der Waals surface area contributed by atoms with E-state index >= 15 is 0 Å². The highest BCUT2D eigenvalue weighted by atomic mass is 19.3. The van der Waals surface area contributed by atoms with Crippen molar-refractivity contribution in [3.05, 3.63) is 42.1 Å². The molecule has 1 saturated carbocycles. The first-order valence-electron chi connectivity index (χ1n) is 7.58. The van der Waals surface area contributed by atoms with Gasteiger partial charge >= 0.3 is 0 Å². The summed E-state index contributed by atoms with van der Waals surface area (Å²) >= 11 is 0. The SMILES string of the molecule is O=C(Nc1ccccc1)C1(n2ncc3c2N=CNC3)CC(F)(F)C1. The number of hydrogen-bond acceptors (Lipinski definition) is 4. The molecule has 2 aliphatic rings. The van der Waals surface area contributed by atoms with E-state index in [4.69, 9.17) is 0 Å². The number of hydrogen-bond donors (Lipinski definition) is 2. The van der Waals surface area contributed by atoms with E-state index in [2.05, 4.69) is 20.7 Å². The van der Waals surface area contributed by atoms with Crippen LogP contribution in [0, 0.1) is 0 Å². The highest BCUT2D eigenvalue weighted by Gasteiger charge is 2.63. The molecular weight excluding hydrogens is 316 g/mol. The third-order valence-electron chi connectivity index (χ3n) is 4.35. The van der Waals surface area contributed by atoms with Crippen LogP contribution in [-0.4, -0.2) is 27.9 Å². The molecule has 0 saturated heterocycles. The number of benzene rings is 1. The number of aromatic nitrogens is 2. The molecule has 2 N–H and O–H groups in total. The van der Waals surface area contributed by atoms with Gasteiger partial charge in [-0.25, -0.2) is 18.5 Å². The molecule has 124 valence electrons. The molecule has 0 radical (unpaired) electrons. The van der Waals surface area contributed by atoms with E-state index in [0.29, 0.717) is 18.1 Å². The van der Waals surface area contributed by atoms with Crippen LogP contribution in [0.2, 0.25) is 0 Å². The Morgan fingerprint density at radius 2 is 2.00 bits per heavy atom. The van der Waals surface area contributed by atoms with Gasteiger partial charge in [0, 0.05) is 30.6 Å². The number of rotatable bonds is 3. The van der Waals surface area contributed by atoms with Gasteiger partial charge in [-0.15, -0.1) is 0 Å². The maximum absolute atomic E-state index is 13.7. The smallest absolute Gasteiger partial charge is 0.253 e. The van der Waals surface area contributed by atoms with E-state index in [1.165, 1.54) is 11.0 Å². The van der Waals surface area contributed by atoms with Crippen molar-refractivity contribution < 1.29 is 13.6 Å².